The highest BCUT2D eigenvalue weighted by molar-refractivity contribution is 5.39. The summed E-state index contributed by atoms with van der Waals surface area (Å²) in [5.41, 5.74) is 0.819. The van der Waals surface area contributed by atoms with Gasteiger partial charge in [0.2, 0.25) is 0 Å². The van der Waals surface area contributed by atoms with Crippen molar-refractivity contribution in [2.45, 2.75) is 19.6 Å². The van der Waals surface area contributed by atoms with Crippen molar-refractivity contribution in [1.82, 2.24) is 0 Å². The molecule has 1 aromatic carbocycles. The number of hydrogen-bond acceptors (Lipinski definition) is 4. The predicted octanol–water partition coefficient (Wildman–Crippen LogP) is 0.780. The van der Waals surface area contributed by atoms with E-state index in [9.17, 15) is 5.11 Å². The molecule has 1 unspecified atom stereocenters. The lowest BCUT2D eigenvalue weighted by Gasteiger charge is -2.14. The van der Waals surface area contributed by atoms with E-state index >= 15 is 0 Å². The lowest BCUT2D eigenvalue weighted by Crippen LogP contribution is -2.17. The van der Waals surface area contributed by atoms with E-state index in [1.165, 1.54) is 6.07 Å². The molecule has 1 aromatic rings. The number of phenolic OH excluding ortho intramolecular Hbond substituents is 1. The van der Waals surface area contributed by atoms with Crippen LogP contribution in [0.4, 0.5) is 0 Å². The third-order valence-corrected chi connectivity index (χ3v) is 1.81. The minimum absolute atomic E-state index is 0.0850. The normalized spacial score (nSPS) is 12.5. The Kier molecular flexibility index (Phi) is 3.73. The third-order valence-electron chi connectivity index (χ3n) is 1.81. The van der Waals surface area contributed by atoms with Crippen molar-refractivity contribution in [3.05, 3.63) is 23.8 Å². The molecule has 0 heterocycles. The van der Waals surface area contributed by atoms with E-state index in [2.05, 4.69) is 0 Å². The topological polar surface area (TPSA) is 69.9 Å². The fraction of sp³-hybridized carbons (Fsp3) is 0.400. The average Bonchev–Trinajstić information content (AvgIpc) is 2.12. The maximum atomic E-state index is 9.25. The molecule has 78 valence electrons. The van der Waals surface area contributed by atoms with Crippen LogP contribution in [0, 0.1) is 6.92 Å². The van der Waals surface area contributed by atoms with Crippen LogP contribution < -0.4 is 4.74 Å². The van der Waals surface area contributed by atoms with E-state index in [-0.39, 0.29) is 18.8 Å². The largest absolute Gasteiger partial charge is 0.508 e. The molecule has 0 saturated carbocycles. The summed E-state index contributed by atoms with van der Waals surface area (Å²) in [7, 11) is 0. The number of aromatic hydroxyl groups is 1. The van der Waals surface area contributed by atoms with Gasteiger partial charge in [0.1, 0.15) is 11.5 Å². The number of phenols is 1. The summed E-state index contributed by atoms with van der Waals surface area (Å²) < 4.78 is 5.10. The second kappa shape index (κ2) is 4.83. The van der Waals surface area contributed by atoms with Crippen molar-refractivity contribution in [1.29, 1.82) is 0 Å². The molecule has 0 aliphatic heterocycles. The molecule has 4 nitrogen and oxygen atoms in total. The molecule has 1 rings (SSSR count). The molecule has 1 atom stereocenters. The molecule has 14 heavy (non-hydrogen) atoms. The van der Waals surface area contributed by atoms with Crippen LogP contribution in [-0.2, 0) is 0 Å². The number of aliphatic hydroxyl groups is 2. The van der Waals surface area contributed by atoms with Crippen LogP contribution in [0.25, 0.3) is 0 Å². The molecule has 0 radical (unpaired) electrons. The van der Waals surface area contributed by atoms with E-state index < -0.39 is 6.29 Å². The smallest absolute Gasteiger partial charge is 0.199 e. The predicted molar refractivity (Wildman–Crippen MR) is 51.2 cm³/mol. The Labute approximate surface area is 82.4 Å². The van der Waals surface area contributed by atoms with Gasteiger partial charge in [0.05, 0.1) is 0 Å². The molecule has 0 saturated heterocycles. The zero-order chi connectivity index (χ0) is 10.6. The zero-order valence-electron chi connectivity index (χ0n) is 7.97. The fourth-order valence-electron chi connectivity index (χ4n) is 1.03. The van der Waals surface area contributed by atoms with Crippen molar-refractivity contribution < 1.29 is 20.1 Å². The highest BCUT2D eigenvalue weighted by atomic mass is 16.6. The maximum Gasteiger partial charge on any atom is 0.199 e. The Balaban J connectivity index is 2.70. The van der Waals surface area contributed by atoms with Crippen LogP contribution >= 0.6 is 0 Å². The highest BCUT2D eigenvalue weighted by Crippen LogP contribution is 2.24. The number of benzene rings is 1. The van der Waals surface area contributed by atoms with Gasteiger partial charge >= 0.3 is 0 Å². The average molecular weight is 198 g/mol. The Bertz CT molecular complexity index is 298. The monoisotopic (exact) mass is 198 g/mol. The molecule has 3 N–H and O–H groups in total. The molecular formula is C10H14O4. The van der Waals surface area contributed by atoms with Crippen LogP contribution in [0.5, 0.6) is 11.5 Å². The molecular weight excluding hydrogens is 184 g/mol. The molecule has 0 amide bonds. The molecule has 0 spiro atoms. The minimum Gasteiger partial charge on any atom is -0.508 e. The van der Waals surface area contributed by atoms with E-state index in [0.717, 1.165) is 5.56 Å². The van der Waals surface area contributed by atoms with Gasteiger partial charge in [-0.2, -0.15) is 0 Å². The number of aliphatic hydroxyl groups excluding tert-OH is 2. The van der Waals surface area contributed by atoms with Gasteiger partial charge in [-0.25, -0.2) is 0 Å². The highest BCUT2D eigenvalue weighted by Gasteiger charge is 2.07. The van der Waals surface area contributed by atoms with Crippen LogP contribution in [-0.4, -0.2) is 28.2 Å². The van der Waals surface area contributed by atoms with Crippen molar-refractivity contribution >= 4 is 0 Å². The summed E-state index contributed by atoms with van der Waals surface area (Å²) in [6, 6.07) is 4.66. The number of aryl methyl sites for hydroxylation is 1. The van der Waals surface area contributed by atoms with Crippen molar-refractivity contribution in [2.24, 2.45) is 0 Å². The first kappa shape index (κ1) is 10.8. The molecule has 4 heteroatoms. The summed E-state index contributed by atoms with van der Waals surface area (Å²) >= 11 is 0. The van der Waals surface area contributed by atoms with Gasteiger partial charge < -0.3 is 20.1 Å². The zero-order valence-corrected chi connectivity index (χ0v) is 7.97. The lowest BCUT2D eigenvalue weighted by atomic mass is 10.2. The summed E-state index contributed by atoms with van der Waals surface area (Å²) in [6.07, 6.45) is -0.893. The van der Waals surface area contributed by atoms with Gasteiger partial charge in [-0.3, -0.25) is 0 Å². The second-order valence-electron chi connectivity index (χ2n) is 3.03. The van der Waals surface area contributed by atoms with Crippen molar-refractivity contribution in [3.63, 3.8) is 0 Å². The van der Waals surface area contributed by atoms with Crippen LogP contribution in [0.3, 0.4) is 0 Å². The van der Waals surface area contributed by atoms with E-state index in [1.807, 2.05) is 0 Å². The standard InChI is InChI=1S/C10H14O4/c1-7-2-3-8(12)6-9(7)14-10(13)4-5-11/h2-3,6,10-13H,4-5H2,1H3. The van der Waals surface area contributed by atoms with Crippen molar-refractivity contribution in [2.75, 3.05) is 6.61 Å². The van der Waals surface area contributed by atoms with Crippen molar-refractivity contribution in [3.8, 4) is 11.5 Å². The van der Waals surface area contributed by atoms with Crippen LogP contribution in [0.1, 0.15) is 12.0 Å². The second-order valence-corrected chi connectivity index (χ2v) is 3.03. The molecule has 0 fully saturated rings. The first-order valence-electron chi connectivity index (χ1n) is 4.38. The van der Waals surface area contributed by atoms with Gasteiger partial charge in [0, 0.05) is 19.1 Å². The van der Waals surface area contributed by atoms with Gasteiger partial charge in [-0.1, -0.05) is 6.07 Å². The SMILES string of the molecule is Cc1ccc(O)cc1OC(O)CCO. The number of hydrogen-bond donors (Lipinski definition) is 3. The van der Waals surface area contributed by atoms with Gasteiger partial charge in [0.25, 0.3) is 0 Å². The first-order chi connectivity index (χ1) is 6.63. The first-order valence-corrected chi connectivity index (χ1v) is 4.38. The summed E-state index contributed by atoms with van der Waals surface area (Å²) in [4.78, 5) is 0. The maximum absolute atomic E-state index is 9.25. The van der Waals surface area contributed by atoms with Gasteiger partial charge in [-0.15, -0.1) is 0 Å². The van der Waals surface area contributed by atoms with Crippen LogP contribution in [0.15, 0.2) is 18.2 Å². The van der Waals surface area contributed by atoms with Gasteiger partial charge in [-0.05, 0) is 18.6 Å². The molecule has 0 aliphatic carbocycles. The summed E-state index contributed by atoms with van der Waals surface area (Å²) in [5, 5.41) is 27.0. The molecule has 0 aromatic heterocycles. The Morgan fingerprint density at radius 2 is 2.14 bits per heavy atom. The Morgan fingerprint density at radius 1 is 1.43 bits per heavy atom. The molecule has 0 aliphatic rings. The van der Waals surface area contributed by atoms with E-state index in [4.69, 9.17) is 14.9 Å². The Hall–Kier alpha value is -1.26. The summed E-state index contributed by atoms with van der Waals surface area (Å²) in [5.74, 6) is 0.507. The van der Waals surface area contributed by atoms with Crippen LogP contribution in [0.2, 0.25) is 0 Å². The van der Waals surface area contributed by atoms with E-state index in [0.29, 0.717) is 5.75 Å². The summed E-state index contributed by atoms with van der Waals surface area (Å²) in [6.45, 7) is 1.67. The number of rotatable bonds is 4. The quantitative estimate of drug-likeness (QED) is 0.625. The molecule has 0 bridgehead atoms. The Morgan fingerprint density at radius 3 is 2.79 bits per heavy atom. The minimum atomic E-state index is -1.04. The van der Waals surface area contributed by atoms with E-state index in [1.54, 1.807) is 19.1 Å². The fourth-order valence-corrected chi connectivity index (χ4v) is 1.03. The third kappa shape index (κ3) is 2.90. The number of ether oxygens (including phenoxy) is 1. The lowest BCUT2D eigenvalue weighted by molar-refractivity contribution is -0.0332. The van der Waals surface area contributed by atoms with Gasteiger partial charge in [0.15, 0.2) is 6.29 Å².